The molecule has 0 aromatic heterocycles. The molecule has 7 heteroatoms. The Morgan fingerprint density at radius 3 is 2.67 bits per heavy atom. The number of nitrogens with zero attached hydrogens (tertiary/aromatic N) is 2. The maximum Gasteiger partial charge on any atom is 0.191 e. The van der Waals surface area contributed by atoms with Gasteiger partial charge in [0.1, 0.15) is 0 Å². The van der Waals surface area contributed by atoms with Crippen LogP contribution in [0.4, 0.5) is 0 Å². The van der Waals surface area contributed by atoms with Gasteiger partial charge in [0.15, 0.2) is 5.96 Å². The lowest BCUT2D eigenvalue weighted by Crippen LogP contribution is -2.46. The van der Waals surface area contributed by atoms with E-state index in [0.717, 1.165) is 64.2 Å². The largest absolute Gasteiger partial charge is 0.381 e. The molecule has 2 N–H and O–H groups in total. The van der Waals surface area contributed by atoms with E-state index in [2.05, 4.69) is 34.6 Å². The van der Waals surface area contributed by atoms with E-state index in [1.54, 1.807) is 0 Å². The van der Waals surface area contributed by atoms with Gasteiger partial charge < -0.3 is 25.0 Å². The van der Waals surface area contributed by atoms with Crippen LogP contribution in [0.2, 0.25) is 0 Å². The Hall–Kier alpha value is -0.120. The van der Waals surface area contributed by atoms with Gasteiger partial charge in [-0.05, 0) is 45.7 Å². The van der Waals surface area contributed by atoms with Crippen LogP contribution in [0.1, 0.15) is 25.7 Å². The van der Waals surface area contributed by atoms with Crippen molar-refractivity contribution >= 4 is 29.9 Å². The Morgan fingerprint density at radius 2 is 2.08 bits per heavy atom. The van der Waals surface area contributed by atoms with Crippen LogP contribution < -0.4 is 10.6 Å². The van der Waals surface area contributed by atoms with Gasteiger partial charge in [-0.15, -0.1) is 24.0 Å². The number of nitrogens with one attached hydrogen (secondary N) is 2. The van der Waals surface area contributed by atoms with E-state index in [1.807, 2.05) is 7.05 Å². The molecule has 142 valence electrons. The third-order valence-corrected chi connectivity index (χ3v) is 4.67. The number of likely N-dealkylation sites (N-methyl/N-ethyl adjacent to an activating group) is 1. The summed E-state index contributed by atoms with van der Waals surface area (Å²) in [5, 5.41) is 6.81. The third-order valence-electron chi connectivity index (χ3n) is 4.67. The van der Waals surface area contributed by atoms with E-state index in [4.69, 9.17) is 9.47 Å². The smallest absolute Gasteiger partial charge is 0.191 e. The molecule has 0 bridgehead atoms. The van der Waals surface area contributed by atoms with E-state index < -0.39 is 0 Å². The molecule has 6 nitrogen and oxygen atoms in total. The van der Waals surface area contributed by atoms with Crippen molar-refractivity contribution in [3.8, 4) is 0 Å². The normalized spacial score (nSPS) is 22.3. The second-order valence-electron chi connectivity index (χ2n) is 6.91. The van der Waals surface area contributed by atoms with Crippen molar-refractivity contribution in [2.24, 2.45) is 16.8 Å². The molecule has 2 unspecified atom stereocenters. The minimum Gasteiger partial charge on any atom is -0.381 e. The van der Waals surface area contributed by atoms with Crippen LogP contribution in [0.25, 0.3) is 0 Å². The van der Waals surface area contributed by atoms with Gasteiger partial charge in [-0.25, -0.2) is 0 Å². The topological polar surface area (TPSA) is 58.1 Å². The van der Waals surface area contributed by atoms with Gasteiger partial charge in [0.2, 0.25) is 0 Å². The first-order valence-electron chi connectivity index (χ1n) is 8.97. The van der Waals surface area contributed by atoms with Crippen molar-refractivity contribution in [1.29, 1.82) is 0 Å². The quantitative estimate of drug-likeness (QED) is 0.227. The van der Waals surface area contributed by atoms with Gasteiger partial charge in [-0.1, -0.05) is 0 Å². The number of rotatable bonds is 10. The van der Waals surface area contributed by atoms with Gasteiger partial charge in [0.05, 0.1) is 13.2 Å². The highest BCUT2D eigenvalue weighted by Gasteiger charge is 2.32. The summed E-state index contributed by atoms with van der Waals surface area (Å²) >= 11 is 0. The zero-order valence-electron chi connectivity index (χ0n) is 15.4. The second-order valence-corrected chi connectivity index (χ2v) is 6.91. The molecular weight excluding hydrogens is 419 g/mol. The Balaban J connectivity index is 0.00000288. The Bertz CT molecular complexity index is 356. The zero-order chi connectivity index (χ0) is 16.5. The highest BCUT2D eigenvalue weighted by Crippen LogP contribution is 2.34. The predicted octanol–water partition coefficient (Wildman–Crippen LogP) is 1.55. The molecule has 0 aromatic rings. The van der Waals surface area contributed by atoms with E-state index in [9.17, 15) is 0 Å². The number of halogens is 1. The van der Waals surface area contributed by atoms with E-state index >= 15 is 0 Å². The van der Waals surface area contributed by atoms with E-state index in [1.165, 1.54) is 12.8 Å². The van der Waals surface area contributed by atoms with Gasteiger partial charge in [-0.2, -0.15) is 0 Å². The zero-order valence-corrected chi connectivity index (χ0v) is 17.8. The summed E-state index contributed by atoms with van der Waals surface area (Å²) < 4.78 is 11.1. The molecule has 2 atom stereocenters. The number of hydrogen-bond acceptors (Lipinski definition) is 4. The Labute approximate surface area is 164 Å². The maximum atomic E-state index is 5.72. The molecule has 1 heterocycles. The average Bonchev–Trinajstić information content (AvgIpc) is 3.23. The highest BCUT2D eigenvalue weighted by molar-refractivity contribution is 14.0. The van der Waals surface area contributed by atoms with Crippen molar-refractivity contribution in [2.75, 3.05) is 60.7 Å². The maximum absolute atomic E-state index is 5.72. The first kappa shape index (κ1) is 21.9. The number of hydrogen-bond donors (Lipinski definition) is 2. The van der Waals surface area contributed by atoms with Crippen LogP contribution in [-0.4, -0.2) is 77.6 Å². The van der Waals surface area contributed by atoms with Gasteiger partial charge in [-0.3, -0.25) is 4.99 Å². The van der Waals surface area contributed by atoms with Crippen molar-refractivity contribution in [1.82, 2.24) is 15.5 Å². The molecule has 1 aliphatic heterocycles. The van der Waals surface area contributed by atoms with Crippen LogP contribution in [-0.2, 0) is 9.47 Å². The van der Waals surface area contributed by atoms with E-state index in [-0.39, 0.29) is 24.0 Å². The second kappa shape index (κ2) is 12.3. The van der Waals surface area contributed by atoms with Gasteiger partial charge in [0, 0.05) is 45.3 Å². The monoisotopic (exact) mass is 454 g/mol. The van der Waals surface area contributed by atoms with Gasteiger partial charge in [0.25, 0.3) is 0 Å². The molecule has 24 heavy (non-hydrogen) atoms. The van der Waals surface area contributed by atoms with Crippen LogP contribution in [0.3, 0.4) is 0 Å². The molecule has 1 saturated heterocycles. The Kier molecular flexibility index (Phi) is 11.2. The lowest BCUT2D eigenvalue weighted by Gasteiger charge is -2.25. The molecule has 0 amide bonds. The Morgan fingerprint density at radius 1 is 1.29 bits per heavy atom. The average molecular weight is 454 g/mol. The fraction of sp³-hybridized carbons (Fsp3) is 0.941. The molecule has 0 radical (unpaired) electrons. The molecule has 0 aromatic carbocycles. The van der Waals surface area contributed by atoms with Crippen molar-refractivity contribution < 1.29 is 9.47 Å². The summed E-state index contributed by atoms with van der Waals surface area (Å²) in [6, 6.07) is 0.602. The fourth-order valence-electron chi connectivity index (χ4n) is 3.02. The number of guanidine groups is 1. The van der Waals surface area contributed by atoms with Crippen LogP contribution in [0, 0.1) is 11.8 Å². The minimum absolute atomic E-state index is 0. The van der Waals surface area contributed by atoms with Crippen molar-refractivity contribution in [3.05, 3.63) is 0 Å². The lowest BCUT2D eigenvalue weighted by atomic mass is 10.1. The first-order valence-corrected chi connectivity index (χ1v) is 8.97. The van der Waals surface area contributed by atoms with Crippen LogP contribution >= 0.6 is 24.0 Å². The highest BCUT2D eigenvalue weighted by atomic mass is 127. The van der Waals surface area contributed by atoms with Crippen molar-refractivity contribution in [2.45, 2.75) is 31.7 Å². The molecule has 2 fully saturated rings. The SMILES string of the molecule is CN=C(NCCCOCC1CCOC1)NCC(C1CC1)N(C)C.I. The molecule has 0 spiro atoms. The van der Waals surface area contributed by atoms with Crippen LogP contribution in [0.15, 0.2) is 4.99 Å². The summed E-state index contributed by atoms with van der Waals surface area (Å²) in [6.07, 6.45) is 4.86. The fourth-order valence-corrected chi connectivity index (χ4v) is 3.02. The molecule has 2 rings (SSSR count). The summed E-state index contributed by atoms with van der Waals surface area (Å²) in [5.74, 6) is 2.34. The minimum atomic E-state index is 0. The molecule has 1 aliphatic carbocycles. The summed E-state index contributed by atoms with van der Waals surface area (Å²) in [5.41, 5.74) is 0. The number of ether oxygens (including phenoxy) is 2. The molecule has 1 saturated carbocycles. The standard InChI is InChI=1S/C17H34N4O2.HI/c1-18-17(20-11-16(21(2)3)15-5-6-15)19-8-4-9-22-12-14-7-10-23-13-14;/h14-16H,4-13H2,1-3H3,(H2,18,19,20);1H. The molecular formula is C17H35IN4O2. The first-order chi connectivity index (χ1) is 11.2. The molecule has 2 aliphatic rings. The van der Waals surface area contributed by atoms with Crippen LogP contribution in [0.5, 0.6) is 0 Å². The summed E-state index contributed by atoms with van der Waals surface area (Å²) in [6.45, 7) is 5.23. The summed E-state index contributed by atoms with van der Waals surface area (Å²) in [4.78, 5) is 6.62. The predicted molar refractivity (Wildman–Crippen MR) is 109 cm³/mol. The lowest BCUT2D eigenvalue weighted by molar-refractivity contribution is 0.0888. The summed E-state index contributed by atoms with van der Waals surface area (Å²) in [7, 11) is 6.15. The van der Waals surface area contributed by atoms with Gasteiger partial charge >= 0.3 is 0 Å². The third kappa shape index (κ3) is 8.31. The number of aliphatic imine (C=N–C) groups is 1. The van der Waals surface area contributed by atoms with Crippen molar-refractivity contribution in [3.63, 3.8) is 0 Å². The van der Waals surface area contributed by atoms with E-state index in [0.29, 0.717) is 12.0 Å².